The molecule has 1 saturated carbocycles. The van der Waals surface area contributed by atoms with Gasteiger partial charge in [0.05, 0.1) is 11.2 Å². The standard InChI is InChI=1S/C9H14N2/c1-3-5-8(11-4-2)9(10)6-7-9/h3-5H,1,6-7,10H2,2H3/b8-5-,11-4?. The molecular formula is C9H14N2. The van der Waals surface area contributed by atoms with Crippen molar-refractivity contribution in [3.05, 3.63) is 24.4 Å². The van der Waals surface area contributed by atoms with Crippen LogP contribution in [-0.2, 0) is 0 Å². The molecule has 0 amide bonds. The van der Waals surface area contributed by atoms with Crippen molar-refractivity contribution in [3.8, 4) is 0 Å². The molecule has 0 spiro atoms. The third kappa shape index (κ3) is 1.77. The predicted octanol–water partition coefficient (Wildman–Crippen LogP) is 1.64. The number of hydrogen-bond acceptors (Lipinski definition) is 2. The van der Waals surface area contributed by atoms with Gasteiger partial charge < -0.3 is 5.73 Å². The monoisotopic (exact) mass is 150 g/mol. The second-order valence-electron chi connectivity index (χ2n) is 2.83. The summed E-state index contributed by atoms with van der Waals surface area (Å²) >= 11 is 0. The quantitative estimate of drug-likeness (QED) is 0.482. The first-order chi connectivity index (χ1) is 5.23. The third-order valence-electron chi connectivity index (χ3n) is 1.84. The molecule has 1 aliphatic rings. The van der Waals surface area contributed by atoms with E-state index in [0.29, 0.717) is 0 Å². The van der Waals surface area contributed by atoms with Crippen molar-refractivity contribution in [1.29, 1.82) is 0 Å². The summed E-state index contributed by atoms with van der Waals surface area (Å²) < 4.78 is 0. The van der Waals surface area contributed by atoms with Crippen molar-refractivity contribution >= 4 is 6.21 Å². The van der Waals surface area contributed by atoms with Gasteiger partial charge in [-0.25, -0.2) is 0 Å². The molecule has 0 unspecified atom stereocenters. The SMILES string of the molecule is C=C/C=C(\N=CC)C1(N)CC1. The Bertz CT molecular complexity index is 210. The number of allylic oxidation sites excluding steroid dienone is 2. The molecule has 0 aromatic carbocycles. The Morgan fingerprint density at radius 2 is 2.27 bits per heavy atom. The van der Waals surface area contributed by atoms with Gasteiger partial charge in [0.15, 0.2) is 0 Å². The molecule has 0 aliphatic heterocycles. The Kier molecular flexibility index (Phi) is 2.25. The molecule has 1 rings (SSSR count). The summed E-state index contributed by atoms with van der Waals surface area (Å²) in [4.78, 5) is 4.19. The van der Waals surface area contributed by atoms with Gasteiger partial charge in [0.25, 0.3) is 0 Å². The molecule has 0 atom stereocenters. The number of nitrogens with two attached hydrogens (primary N) is 1. The first kappa shape index (κ1) is 8.21. The highest BCUT2D eigenvalue weighted by Gasteiger charge is 2.41. The fourth-order valence-corrected chi connectivity index (χ4v) is 0.979. The van der Waals surface area contributed by atoms with Crippen molar-refractivity contribution in [1.82, 2.24) is 0 Å². The number of rotatable bonds is 3. The molecule has 11 heavy (non-hydrogen) atoms. The van der Waals surface area contributed by atoms with Crippen LogP contribution >= 0.6 is 0 Å². The van der Waals surface area contributed by atoms with Crippen molar-refractivity contribution in [3.63, 3.8) is 0 Å². The van der Waals surface area contributed by atoms with Crippen LogP contribution in [-0.4, -0.2) is 11.8 Å². The van der Waals surface area contributed by atoms with Crippen LogP contribution < -0.4 is 5.73 Å². The largest absolute Gasteiger partial charge is 0.320 e. The second-order valence-corrected chi connectivity index (χ2v) is 2.83. The summed E-state index contributed by atoms with van der Waals surface area (Å²) in [5, 5.41) is 0. The van der Waals surface area contributed by atoms with E-state index in [4.69, 9.17) is 5.73 Å². The molecule has 2 N–H and O–H groups in total. The lowest BCUT2D eigenvalue weighted by Crippen LogP contribution is -2.23. The van der Waals surface area contributed by atoms with Crippen LogP contribution in [0.25, 0.3) is 0 Å². The molecule has 0 saturated heterocycles. The minimum atomic E-state index is -0.138. The van der Waals surface area contributed by atoms with Crippen LogP contribution in [0.1, 0.15) is 19.8 Å². The van der Waals surface area contributed by atoms with E-state index >= 15 is 0 Å². The van der Waals surface area contributed by atoms with Crippen LogP contribution in [0.2, 0.25) is 0 Å². The van der Waals surface area contributed by atoms with E-state index in [9.17, 15) is 0 Å². The van der Waals surface area contributed by atoms with Gasteiger partial charge in [-0.3, -0.25) is 4.99 Å². The van der Waals surface area contributed by atoms with Gasteiger partial charge in [0.2, 0.25) is 0 Å². The summed E-state index contributed by atoms with van der Waals surface area (Å²) in [5.74, 6) is 0. The second kappa shape index (κ2) is 3.01. The van der Waals surface area contributed by atoms with E-state index in [0.717, 1.165) is 18.5 Å². The molecule has 0 bridgehead atoms. The van der Waals surface area contributed by atoms with E-state index in [1.165, 1.54) is 0 Å². The van der Waals surface area contributed by atoms with Crippen LogP contribution in [0, 0.1) is 0 Å². The van der Waals surface area contributed by atoms with Crippen molar-refractivity contribution in [2.24, 2.45) is 10.7 Å². The summed E-state index contributed by atoms with van der Waals surface area (Å²) in [6.45, 7) is 5.51. The normalized spacial score (nSPS) is 22.2. The number of aliphatic imine (C=N–C) groups is 1. The van der Waals surface area contributed by atoms with Gasteiger partial charge in [-0.05, 0) is 25.8 Å². The van der Waals surface area contributed by atoms with E-state index in [-0.39, 0.29) is 5.54 Å². The van der Waals surface area contributed by atoms with E-state index in [1.54, 1.807) is 12.3 Å². The first-order valence-electron chi connectivity index (χ1n) is 3.84. The molecule has 0 aromatic rings. The Labute approximate surface area is 67.5 Å². The average molecular weight is 150 g/mol. The molecule has 2 nitrogen and oxygen atoms in total. The average Bonchev–Trinajstić information content (AvgIpc) is 2.69. The Hall–Kier alpha value is -0.890. The molecule has 60 valence electrons. The Morgan fingerprint density at radius 1 is 1.64 bits per heavy atom. The molecule has 1 fully saturated rings. The summed E-state index contributed by atoms with van der Waals surface area (Å²) in [5.41, 5.74) is 6.75. The minimum absolute atomic E-state index is 0.138. The summed E-state index contributed by atoms with van der Waals surface area (Å²) in [6.07, 6.45) is 7.47. The maximum Gasteiger partial charge on any atom is 0.0598 e. The first-order valence-corrected chi connectivity index (χ1v) is 3.84. The van der Waals surface area contributed by atoms with Crippen LogP contribution in [0.3, 0.4) is 0 Å². The lowest BCUT2D eigenvalue weighted by Gasteiger charge is -2.07. The molecule has 2 heteroatoms. The fourth-order valence-electron chi connectivity index (χ4n) is 0.979. The highest BCUT2D eigenvalue weighted by Crippen LogP contribution is 2.39. The maximum absolute atomic E-state index is 5.93. The lowest BCUT2D eigenvalue weighted by molar-refractivity contribution is 0.783. The Balaban J connectivity index is 2.75. The lowest BCUT2D eigenvalue weighted by atomic mass is 10.2. The summed E-state index contributed by atoms with van der Waals surface area (Å²) in [7, 11) is 0. The van der Waals surface area contributed by atoms with Crippen LogP contribution in [0.15, 0.2) is 29.4 Å². The zero-order chi connectivity index (χ0) is 8.32. The van der Waals surface area contributed by atoms with E-state index < -0.39 is 0 Å². The van der Waals surface area contributed by atoms with Crippen molar-refractivity contribution < 1.29 is 0 Å². The van der Waals surface area contributed by atoms with E-state index in [1.807, 2.05) is 13.0 Å². The molecule has 0 heterocycles. The van der Waals surface area contributed by atoms with Crippen LogP contribution in [0.4, 0.5) is 0 Å². The number of hydrogen-bond donors (Lipinski definition) is 1. The topological polar surface area (TPSA) is 38.4 Å². The molecule has 0 aromatic heterocycles. The molecule has 0 radical (unpaired) electrons. The predicted molar refractivity (Wildman–Crippen MR) is 48.6 cm³/mol. The highest BCUT2D eigenvalue weighted by molar-refractivity contribution is 5.56. The fraction of sp³-hybridized carbons (Fsp3) is 0.444. The van der Waals surface area contributed by atoms with E-state index in [2.05, 4.69) is 11.6 Å². The zero-order valence-corrected chi connectivity index (χ0v) is 6.88. The van der Waals surface area contributed by atoms with Gasteiger partial charge in [-0.2, -0.15) is 0 Å². The summed E-state index contributed by atoms with van der Waals surface area (Å²) in [6, 6.07) is 0. The highest BCUT2D eigenvalue weighted by atomic mass is 14.9. The van der Waals surface area contributed by atoms with Gasteiger partial charge >= 0.3 is 0 Å². The molecule has 1 aliphatic carbocycles. The zero-order valence-electron chi connectivity index (χ0n) is 6.88. The maximum atomic E-state index is 5.93. The van der Waals surface area contributed by atoms with Gasteiger partial charge in [0, 0.05) is 6.21 Å². The third-order valence-corrected chi connectivity index (χ3v) is 1.84. The van der Waals surface area contributed by atoms with Crippen molar-refractivity contribution in [2.45, 2.75) is 25.3 Å². The van der Waals surface area contributed by atoms with Gasteiger partial charge in [-0.15, -0.1) is 0 Å². The smallest absolute Gasteiger partial charge is 0.0598 e. The van der Waals surface area contributed by atoms with Gasteiger partial charge in [-0.1, -0.05) is 12.7 Å². The molecular weight excluding hydrogens is 136 g/mol. The number of nitrogens with zero attached hydrogens (tertiary/aromatic N) is 1. The van der Waals surface area contributed by atoms with Gasteiger partial charge in [0.1, 0.15) is 0 Å². The Morgan fingerprint density at radius 3 is 2.64 bits per heavy atom. The minimum Gasteiger partial charge on any atom is -0.320 e. The van der Waals surface area contributed by atoms with Crippen LogP contribution in [0.5, 0.6) is 0 Å². The van der Waals surface area contributed by atoms with Crippen molar-refractivity contribution in [2.75, 3.05) is 0 Å².